The van der Waals surface area contributed by atoms with Gasteiger partial charge in [0, 0.05) is 31.6 Å². The van der Waals surface area contributed by atoms with E-state index in [4.69, 9.17) is 10.5 Å². The number of methoxy groups -OCH3 is 1. The van der Waals surface area contributed by atoms with Crippen LogP contribution in [0.15, 0.2) is 9.59 Å². The van der Waals surface area contributed by atoms with Gasteiger partial charge >= 0.3 is 5.69 Å². The zero-order chi connectivity index (χ0) is 18.2. The molecule has 138 valence electrons. The van der Waals surface area contributed by atoms with Crippen molar-refractivity contribution in [3.05, 3.63) is 31.3 Å². The lowest BCUT2D eigenvalue weighted by Gasteiger charge is -2.16. The Labute approximate surface area is 150 Å². The highest BCUT2D eigenvalue weighted by Crippen LogP contribution is 2.41. The van der Waals surface area contributed by atoms with Crippen molar-refractivity contribution in [2.24, 2.45) is 5.73 Å². The van der Waals surface area contributed by atoms with Crippen LogP contribution in [0.2, 0.25) is 0 Å². The van der Waals surface area contributed by atoms with Crippen molar-refractivity contribution in [1.29, 1.82) is 0 Å². The first-order chi connectivity index (χ1) is 11.9. The smallest absolute Gasteiger partial charge is 0.332 e. The number of aryl methyl sites for hydroxylation is 1. The molecule has 0 bridgehead atoms. The lowest BCUT2D eigenvalue weighted by Crippen LogP contribution is -2.45. The molecule has 7 nitrogen and oxygen atoms in total. The van der Waals surface area contributed by atoms with Gasteiger partial charge in [0.2, 0.25) is 0 Å². The average Bonchev–Trinajstić information content (AvgIpc) is 3.22. The highest BCUT2D eigenvalue weighted by atomic mass is 32.1. The minimum atomic E-state index is -0.344. The molecule has 2 heterocycles. The number of nitrogens with zero attached hydrogens (tertiary/aromatic N) is 2. The first kappa shape index (κ1) is 18.3. The highest BCUT2D eigenvalue weighted by Gasteiger charge is 2.42. The quantitative estimate of drug-likeness (QED) is 0.673. The fourth-order valence-electron chi connectivity index (χ4n) is 3.13. The van der Waals surface area contributed by atoms with E-state index in [0.717, 1.165) is 28.1 Å². The zero-order valence-corrected chi connectivity index (χ0v) is 15.9. The normalized spacial score (nSPS) is 15.8. The molecule has 3 N–H and O–H groups in total. The van der Waals surface area contributed by atoms with Crippen LogP contribution >= 0.6 is 11.3 Å². The Morgan fingerprint density at radius 3 is 2.68 bits per heavy atom. The van der Waals surface area contributed by atoms with Crippen LogP contribution in [-0.2, 0) is 23.4 Å². The van der Waals surface area contributed by atoms with Crippen molar-refractivity contribution in [3.8, 4) is 0 Å². The summed E-state index contributed by atoms with van der Waals surface area (Å²) in [5, 5.41) is 3.94. The molecule has 0 saturated heterocycles. The van der Waals surface area contributed by atoms with E-state index in [1.807, 2.05) is 13.8 Å². The Bertz CT molecular complexity index is 892. The van der Waals surface area contributed by atoms with Crippen LogP contribution in [0.25, 0.3) is 10.2 Å². The molecule has 1 saturated carbocycles. The topological polar surface area (TPSA) is 91.3 Å². The Morgan fingerprint density at radius 1 is 1.36 bits per heavy atom. The third-order valence-corrected chi connectivity index (χ3v) is 6.27. The summed E-state index contributed by atoms with van der Waals surface area (Å²) < 4.78 is 8.33. The molecule has 1 aliphatic rings. The van der Waals surface area contributed by atoms with Gasteiger partial charge in [-0.25, -0.2) is 4.79 Å². The summed E-state index contributed by atoms with van der Waals surface area (Å²) in [5.41, 5.74) is 5.76. The van der Waals surface area contributed by atoms with E-state index in [0.29, 0.717) is 38.2 Å². The first-order valence-corrected chi connectivity index (χ1v) is 9.44. The van der Waals surface area contributed by atoms with Gasteiger partial charge < -0.3 is 15.8 Å². The number of nitrogens with one attached hydrogen (secondary N) is 1. The Hall–Kier alpha value is -1.48. The van der Waals surface area contributed by atoms with Gasteiger partial charge in [0.1, 0.15) is 4.83 Å². The molecule has 0 radical (unpaired) electrons. The van der Waals surface area contributed by atoms with Crippen LogP contribution in [0, 0.1) is 6.92 Å². The van der Waals surface area contributed by atoms with Crippen molar-refractivity contribution in [3.63, 3.8) is 0 Å². The van der Waals surface area contributed by atoms with Gasteiger partial charge in [-0.2, -0.15) is 0 Å². The summed E-state index contributed by atoms with van der Waals surface area (Å²) in [6.07, 6.45) is 1.73. The molecule has 2 aromatic heterocycles. The van der Waals surface area contributed by atoms with Crippen LogP contribution < -0.4 is 22.3 Å². The Kier molecular flexibility index (Phi) is 5.15. The van der Waals surface area contributed by atoms with Gasteiger partial charge in [-0.05, 0) is 32.3 Å². The Balaban J connectivity index is 2.21. The molecule has 25 heavy (non-hydrogen) atoms. The molecular formula is C17H26N4O3S. The maximum Gasteiger partial charge on any atom is 0.332 e. The van der Waals surface area contributed by atoms with E-state index in [1.54, 1.807) is 11.7 Å². The van der Waals surface area contributed by atoms with Crippen LogP contribution in [-0.4, -0.2) is 35.9 Å². The molecule has 0 aliphatic heterocycles. The molecule has 0 atom stereocenters. The van der Waals surface area contributed by atoms with Gasteiger partial charge in [0.25, 0.3) is 5.56 Å². The standard InChI is InChI=1S/C17H26N4O3S/c1-11-12(10-19-7-6-18)25-15-13(11)14(22)21(17(2)4-5-17)16(23)20(15)8-9-24-3/h19H,4-10,18H2,1-3H3. The van der Waals surface area contributed by atoms with Gasteiger partial charge in [0.05, 0.1) is 24.1 Å². The number of fused-ring (bicyclic) bond motifs is 1. The second-order valence-electron chi connectivity index (χ2n) is 6.86. The summed E-state index contributed by atoms with van der Waals surface area (Å²) in [5.74, 6) is 0. The lowest BCUT2D eigenvalue weighted by molar-refractivity contribution is 0.186. The third kappa shape index (κ3) is 3.19. The van der Waals surface area contributed by atoms with Crippen molar-refractivity contribution in [2.45, 2.75) is 45.3 Å². The predicted molar refractivity (Wildman–Crippen MR) is 101 cm³/mol. The highest BCUT2D eigenvalue weighted by molar-refractivity contribution is 7.18. The monoisotopic (exact) mass is 366 g/mol. The van der Waals surface area contributed by atoms with Gasteiger partial charge in [-0.15, -0.1) is 11.3 Å². The third-order valence-electron chi connectivity index (χ3n) is 4.95. The Morgan fingerprint density at radius 2 is 2.08 bits per heavy atom. The van der Waals surface area contributed by atoms with Crippen molar-refractivity contribution in [2.75, 3.05) is 26.8 Å². The van der Waals surface area contributed by atoms with E-state index in [-0.39, 0.29) is 16.8 Å². The zero-order valence-electron chi connectivity index (χ0n) is 15.1. The molecule has 2 aromatic rings. The van der Waals surface area contributed by atoms with Crippen molar-refractivity contribution >= 4 is 21.6 Å². The number of nitrogens with two attached hydrogens (primary N) is 1. The summed E-state index contributed by atoms with van der Waals surface area (Å²) in [7, 11) is 1.61. The summed E-state index contributed by atoms with van der Waals surface area (Å²) in [4.78, 5) is 28.0. The number of rotatable bonds is 8. The second-order valence-corrected chi connectivity index (χ2v) is 7.94. The van der Waals surface area contributed by atoms with E-state index < -0.39 is 0 Å². The number of thiophene rings is 1. The fourth-order valence-corrected chi connectivity index (χ4v) is 4.41. The van der Waals surface area contributed by atoms with E-state index in [2.05, 4.69) is 5.32 Å². The lowest BCUT2D eigenvalue weighted by atomic mass is 10.2. The SMILES string of the molecule is COCCn1c(=O)n(C2(C)CC2)c(=O)c2c(C)c(CNCCN)sc21. The maximum atomic E-state index is 13.1. The summed E-state index contributed by atoms with van der Waals surface area (Å²) in [6.45, 7) is 6.75. The summed E-state index contributed by atoms with van der Waals surface area (Å²) >= 11 is 1.51. The largest absolute Gasteiger partial charge is 0.383 e. The van der Waals surface area contributed by atoms with Crippen LogP contribution in [0.4, 0.5) is 0 Å². The van der Waals surface area contributed by atoms with Gasteiger partial charge in [-0.1, -0.05) is 0 Å². The van der Waals surface area contributed by atoms with E-state index in [9.17, 15) is 9.59 Å². The first-order valence-electron chi connectivity index (χ1n) is 8.62. The number of hydrogen-bond donors (Lipinski definition) is 2. The number of aromatic nitrogens is 2. The molecule has 8 heteroatoms. The van der Waals surface area contributed by atoms with Crippen molar-refractivity contribution < 1.29 is 4.74 Å². The molecule has 3 rings (SSSR count). The van der Waals surface area contributed by atoms with Gasteiger partial charge in [-0.3, -0.25) is 13.9 Å². The molecular weight excluding hydrogens is 340 g/mol. The molecule has 1 aliphatic carbocycles. The van der Waals surface area contributed by atoms with Crippen molar-refractivity contribution in [1.82, 2.24) is 14.5 Å². The number of ether oxygens (including phenoxy) is 1. The molecule has 0 amide bonds. The minimum absolute atomic E-state index is 0.160. The average molecular weight is 366 g/mol. The van der Waals surface area contributed by atoms with Crippen LogP contribution in [0.1, 0.15) is 30.2 Å². The number of hydrogen-bond acceptors (Lipinski definition) is 6. The van der Waals surface area contributed by atoms with Crippen LogP contribution in [0.5, 0.6) is 0 Å². The predicted octanol–water partition coefficient (Wildman–Crippen LogP) is 0.737. The molecule has 0 aromatic carbocycles. The van der Waals surface area contributed by atoms with Gasteiger partial charge in [0.15, 0.2) is 0 Å². The molecule has 0 unspecified atom stereocenters. The second kappa shape index (κ2) is 7.03. The maximum absolute atomic E-state index is 13.1. The van der Waals surface area contributed by atoms with Crippen LogP contribution in [0.3, 0.4) is 0 Å². The van der Waals surface area contributed by atoms with E-state index >= 15 is 0 Å². The fraction of sp³-hybridized carbons (Fsp3) is 0.647. The molecule has 0 spiro atoms. The van der Waals surface area contributed by atoms with E-state index in [1.165, 1.54) is 15.9 Å². The minimum Gasteiger partial charge on any atom is -0.383 e. The molecule has 1 fully saturated rings. The summed E-state index contributed by atoms with van der Waals surface area (Å²) in [6, 6.07) is 0.